The normalized spacial score (nSPS) is 10.6. The molecule has 7 nitrogen and oxygen atoms in total. The van der Waals surface area contributed by atoms with Gasteiger partial charge in [0.25, 0.3) is 0 Å². The first-order chi connectivity index (χ1) is 11.1. The van der Waals surface area contributed by atoms with Crippen LogP contribution in [0.15, 0.2) is 28.7 Å². The zero-order chi connectivity index (χ0) is 16.7. The number of hydrogen-bond acceptors (Lipinski definition) is 5. The number of nitrogens with zero attached hydrogens (tertiary/aromatic N) is 2. The highest BCUT2D eigenvalue weighted by atomic mass is 16.5. The first-order valence-electron chi connectivity index (χ1n) is 7.57. The number of amides is 2. The van der Waals surface area contributed by atoms with E-state index in [9.17, 15) is 4.79 Å². The van der Waals surface area contributed by atoms with Gasteiger partial charge in [0.2, 0.25) is 11.8 Å². The van der Waals surface area contributed by atoms with Crippen molar-refractivity contribution in [1.29, 1.82) is 0 Å². The van der Waals surface area contributed by atoms with E-state index in [4.69, 9.17) is 9.15 Å². The van der Waals surface area contributed by atoms with Gasteiger partial charge in [-0.25, -0.2) is 4.79 Å². The van der Waals surface area contributed by atoms with Gasteiger partial charge in [0, 0.05) is 12.1 Å². The topological polar surface area (TPSA) is 89.3 Å². The minimum absolute atomic E-state index is 0.185. The zero-order valence-corrected chi connectivity index (χ0v) is 13.6. The summed E-state index contributed by atoms with van der Waals surface area (Å²) in [4.78, 5) is 11.6. The van der Waals surface area contributed by atoms with Crippen LogP contribution < -0.4 is 15.4 Å². The summed E-state index contributed by atoms with van der Waals surface area (Å²) in [5.41, 5.74) is 0.768. The summed E-state index contributed by atoms with van der Waals surface area (Å²) >= 11 is 0. The van der Waals surface area contributed by atoms with Gasteiger partial charge in [0.1, 0.15) is 5.75 Å². The van der Waals surface area contributed by atoms with Gasteiger partial charge in [-0.2, -0.15) is 0 Å². The van der Waals surface area contributed by atoms with Crippen LogP contribution in [0.3, 0.4) is 0 Å². The second-order valence-corrected chi connectivity index (χ2v) is 5.52. The van der Waals surface area contributed by atoms with Crippen molar-refractivity contribution >= 4 is 6.03 Å². The van der Waals surface area contributed by atoms with E-state index < -0.39 is 0 Å². The van der Waals surface area contributed by atoms with Crippen molar-refractivity contribution in [1.82, 2.24) is 20.8 Å². The van der Waals surface area contributed by atoms with Crippen LogP contribution in [0.5, 0.6) is 5.75 Å². The van der Waals surface area contributed by atoms with E-state index in [2.05, 4.69) is 34.7 Å². The summed E-state index contributed by atoms with van der Waals surface area (Å²) in [6.45, 7) is 5.04. The first-order valence-corrected chi connectivity index (χ1v) is 7.57. The molecule has 1 aromatic heterocycles. The van der Waals surface area contributed by atoms with E-state index in [-0.39, 0.29) is 12.6 Å². The Hall–Kier alpha value is -2.57. The van der Waals surface area contributed by atoms with Crippen molar-refractivity contribution in [3.63, 3.8) is 0 Å². The van der Waals surface area contributed by atoms with E-state index in [1.165, 1.54) is 0 Å². The zero-order valence-electron chi connectivity index (χ0n) is 13.6. The van der Waals surface area contributed by atoms with E-state index in [1.54, 1.807) is 7.11 Å². The van der Waals surface area contributed by atoms with Crippen LogP contribution in [-0.2, 0) is 6.54 Å². The SMILES string of the molecule is COc1cccc(-c2nnc(CNC(=O)NCCC(C)C)o2)c1. The molecule has 0 saturated heterocycles. The maximum absolute atomic E-state index is 11.6. The molecule has 1 heterocycles. The number of rotatable bonds is 7. The lowest BCUT2D eigenvalue weighted by atomic mass is 10.1. The van der Waals surface area contributed by atoms with E-state index in [1.807, 2.05) is 24.3 Å². The van der Waals surface area contributed by atoms with E-state index in [0.717, 1.165) is 12.0 Å². The number of benzene rings is 1. The van der Waals surface area contributed by atoms with Crippen molar-refractivity contribution < 1.29 is 13.9 Å². The van der Waals surface area contributed by atoms with Crippen LogP contribution in [-0.4, -0.2) is 29.9 Å². The van der Waals surface area contributed by atoms with Gasteiger partial charge in [0.15, 0.2) is 0 Å². The van der Waals surface area contributed by atoms with Crippen LogP contribution in [0.1, 0.15) is 26.2 Å². The third-order valence-electron chi connectivity index (χ3n) is 3.19. The van der Waals surface area contributed by atoms with Crippen LogP contribution >= 0.6 is 0 Å². The number of carbonyl (C=O) groups is 1. The molecule has 2 N–H and O–H groups in total. The number of aromatic nitrogens is 2. The number of hydrogen-bond donors (Lipinski definition) is 2. The van der Waals surface area contributed by atoms with E-state index >= 15 is 0 Å². The monoisotopic (exact) mass is 318 g/mol. The van der Waals surface area contributed by atoms with Crippen molar-refractivity contribution in [3.05, 3.63) is 30.2 Å². The van der Waals surface area contributed by atoms with Crippen LogP contribution in [0, 0.1) is 5.92 Å². The molecule has 0 bridgehead atoms. The Morgan fingerprint density at radius 3 is 2.87 bits per heavy atom. The molecule has 0 radical (unpaired) electrons. The molecule has 2 aromatic rings. The van der Waals surface area contributed by atoms with Gasteiger partial charge in [-0.05, 0) is 30.5 Å². The number of nitrogens with one attached hydrogen (secondary N) is 2. The second kappa shape index (κ2) is 8.17. The molecular weight excluding hydrogens is 296 g/mol. The molecule has 0 fully saturated rings. The minimum Gasteiger partial charge on any atom is -0.497 e. The van der Waals surface area contributed by atoms with Crippen LogP contribution in [0.4, 0.5) is 4.79 Å². The molecule has 1 aromatic carbocycles. The van der Waals surface area contributed by atoms with E-state index in [0.29, 0.717) is 30.0 Å². The number of urea groups is 1. The van der Waals surface area contributed by atoms with Gasteiger partial charge in [-0.1, -0.05) is 19.9 Å². The lowest BCUT2D eigenvalue weighted by molar-refractivity contribution is 0.238. The maximum Gasteiger partial charge on any atom is 0.315 e. The van der Waals surface area contributed by atoms with Crippen LogP contribution in [0.2, 0.25) is 0 Å². The Balaban J connectivity index is 1.86. The predicted octanol–water partition coefficient (Wildman–Crippen LogP) is 2.59. The number of ether oxygens (including phenoxy) is 1. The summed E-state index contributed by atoms with van der Waals surface area (Å²) in [5.74, 6) is 2.00. The largest absolute Gasteiger partial charge is 0.497 e. The second-order valence-electron chi connectivity index (χ2n) is 5.52. The molecular formula is C16H22N4O3. The minimum atomic E-state index is -0.244. The molecule has 2 rings (SSSR count). The molecule has 0 spiro atoms. The Bertz CT molecular complexity index is 640. The molecule has 7 heteroatoms. The Morgan fingerprint density at radius 2 is 2.13 bits per heavy atom. The highest BCUT2D eigenvalue weighted by molar-refractivity contribution is 5.73. The van der Waals surface area contributed by atoms with Crippen molar-refractivity contribution in [3.8, 4) is 17.2 Å². The van der Waals surface area contributed by atoms with Gasteiger partial charge >= 0.3 is 6.03 Å². The molecule has 2 amide bonds. The molecule has 23 heavy (non-hydrogen) atoms. The lowest BCUT2D eigenvalue weighted by Crippen LogP contribution is -2.36. The third-order valence-corrected chi connectivity index (χ3v) is 3.19. The molecule has 0 aliphatic carbocycles. The fraction of sp³-hybridized carbons (Fsp3) is 0.438. The smallest absolute Gasteiger partial charge is 0.315 e. The predicted molar refractivity (Wildman–Crippen MR) is 86.0 cm³/mol. The molecule has 0 atom stereocenters. The fourth-order valence-corrected chi connectivity index (χ4v) is 1.89. The van der Waals surface area contributed by atoms with Gasteiger partial charge < -0.3 is 19.8 Å². The molecule has 0 aliphatic heterocycles. The molecule has 0 saturated carbocycles. The van der Waals surface area contributed by atoms with Crippen molar-refractivity contribution in [2.75, 3.05) is 13.7 Å². The lowest BCUT2D eigenvalue weighted by Gasteiger charge is -2.07. The summed E-state index contributed by atoms with van der Waals surface area (Å²) in [6, 6.07) is 7.10. The van der Waals surface area contributed by atoms with Gasteiger partial charge in [-0.3, -0.25) is 0 Å². The fourth-order valence-electron chi connectivity index (χ4n) is 1.89. The number of carbonyl (C=O) groups excluding carboxylic acids is 1. The summed E-state index contributed by atoms with van der Waals surface area (Å²) in [5, 5.41) is 13.4. The highest BCUT2D eigenvalue weighted by Crippen LogP contribution is 2.22. The standard InChI is InChI=1S/C16H22N4O3/c1-11(2)7-8-17-16(21)18-10-14-19-20-15(23-14)12-5-4-6-13(9-12)22-3/h4-6,9,11H,7-8,10H2,1-3H3,(H2,17,18,21). The Morgan fingerprint density at radius 1 is 1.30 bits per heavy atom. The third kappa shape index (κ3) is 5.28. The average molecular weight is 318 g/mol. The molecule has 124 valence electrons. The summed E-state index contributed by atoms with van der Waals surface area (Å²) < 4.78 is 10.7. The summed E-state index contributed by atoms with van der Waals surface area (Å²) in [6.07, 6.45) is 0.938. The first kappa shape index (κ1) is 16.8. The van der Waals surface area contributed by atoms with Crippen LogP contribution in [0.25, 0.3) is 11.5 Å². The number of methoxy groups -OCH3 is 1. The average Bonchev–Trinajstić information content (AvgIpc) is 3.01. The van der Waals surface area contributed by atoms with Gasteiger partial charge in [-0.15, -0.1) is 10.2 Å². The quantitative estimate of drug-likeness (QED) is 0.819. The maximum atomic E-state index is 11.6. The molecule has 0 unspecified atom stereocenters. The molecule has 0 aliphatic rings. The van der Waals surface area contributed by atoms with Gasteiger partial charge in [0.05, 0.1) is 13.7 Å². The van der Waals surface area contributed by atoms with Crippen molar-refractivity contribution in [2.45, 2.75) is 26.8 Å². The Kier molecular flexibility index (Phi) is 5.96. The summed E-state index contributed by atoms with van der Waals surface area (Å²) in [7, 11) is 1.60. The van der Waals surface area contributed by atoms with Crippen molar-refractivity contribution in [2.24, 2.45) is 5.92 Å². The Labute approximate surface area is 135 Å². The highest BCUT2D eigenvalue weighted by Gasteiger charge is 2.10.